The summed E-state index contributed by atoms with van der Waals surface area (Å²) >= 11 is 0. The maximum Gasteiger partial charge on any atom is 0.223 e. The van der Waals surface area contributed by atoms with Gasteiger partial charge in [-0.3, -0.25) is 4.79 Å². The molecule has 2 aliphatic heterocycles. The van der Waals surface area contributed by atoms with E-state index in [1.54, 1.807) is 4.31 Å². The Morgan fingerprint density at radius 2 is 1.78 bits per heavy atom. The molecule has 134 valence electrons. The highest BCUT2D eigenvalue weighted by Crippen LogP contribution is 2.19. The molecule has 2 fully saturated rings. The summed E-state index contributed by atoms with van der Waals surface area (Å²) in [7, 11) is -3.12. The van der Waals surface area contributed by atoms with Gasteiger partial charge in [-0.2, -0.15) is 4.31 Å². The molecule has 0 bridgehead atoms. The monoisotopic (exact) mass is 346 g/mol. The molecule has 0 aromatic rings. The average molecular weight is 346 g/mol. The van der Waals surface area contributed by atoms with Gasteiger partial charge in [-0.1, -0.05) is 6.92 Å². The molecule has 0 atom stereocenters. The molecule has 23 heavy (non-hydrogen) atoms. The highest BCUT2D eigenvalue weighted by atomic mass is 32.2. The van der Waals surface area contributed by atoms with Crippen LogP contribution in [0.2, 0.25) is 0 Å². The number of amides is 1. The number of sulfonamides is 1. The smallest absolute Gasteiger partial charge is 0.223 e. The van der Waals surface area contributed by atoms with Crippen molar-refractivity contribution in [1.82, 2.24) is 19.4 Å². The van der Waals surface area contributed by atoms with Gasteiger partial charge in [0, 0.05) is 51.7 Å². The summed E-state index contributed by atoms with van der Waals surface area (Å²) in [6, 6.07) is 0.107. The Kier molecular flexibility index (Phi) is 6.82. The van der Waals surface area contributed by atoms with Crippen LogP contribution in [0.3, 0.4) is 0 Å². The molecule has 2 rings (SSSR count). The zero-order chi connectivity index (χ0) is 16.9. The van der Waals surface area contributed by atoms with Crippen molar-refractivity contribution >= 4 is 15.9 Å². The van der Waals surface area contributed by atoms with Crippen molar-refractivity contribution in [2.45, 2.75) is 32.2 Å². The lowest BCUT2D eigenvalue weighted by Gasteiger charge is -2.37. The molecular weight excluding hydrogens is 316 g/mol. The Balaban J connectivity index is 1.73. The maximum atomic E-state index is 12.2. The third-order valence-electron chi connectivity index (χ3n) is 4.81. The van der Waals surface area contributed by atoms with Crippen LogP contribution in [0.25, 0.3) is 0 Å². The van der Waals surface area contributed by atoms with Gasteiger partial charge < -0.3 is 15.1 Å². The van der Waals surface area contributed by atoms with Crippen molar-refractivity contribution < 1.29 is 13.2 Å². The van der Waals surface area contributed by atoms with Crippen molar-refractivity contribution in [3.8, 4) is 0 Å². The van der Waals surface area contributed by atoms with Gasteiger partial charge in [-0.05, 0) is 25.9 Å². The van der Waals surface area contributed by atoms with Crippen molar-refractivity contribution in [3.05, 3.63) is 0 Å². The molecule has 0 radical (unpaired) electrons. The summed E-state index contributed by atoms with van der Waals surface area (Å²) in [6.07, 6.45) is 3.55. The van der Waals surface area contributed by atoms with Crippen molar-refractivity contribution in [3.63, 3.8) is 0 Å². The van der Waals surface area contributed by atoms with Crippen LogP contribution in [0, 0.1) is 0 Å². The van der Waals surface area contributed by atoms with E-state index in [9.17, 15) is 13.2 Å². The quantitative estimate of drug-likeness (QED) is 0.706. The lowest BCUT2D eigenvalue weighted by molar-refractivity contribution is -0.132. The second-order valence-electron chi connectivity index (χ2n) is 6.42. The molecule has 0 saturated carbocycles. The van der Waals surface area contributed by atoms with E-state index < -0.39 is 10.0 Å². The van der Waals surface area contributed by atoms with E-state index in [0.29, 0.717) is 13.0 Å². The number of piperidine rings is 1. The van der Waals surface area contributed by atoms with Gasteiger partial charge >= 0.3 is 0 Å². The van der Waals surface area contributed by atoms with Crippen LogP contribution in [0.1, 0.15) is 26.2 Å². The Labute approximate surface area is 140 Å². The molecule has 1 N–H and O–H groups in total. The van der Waals surface area contributed by atoms with Crippen molar-refractivity contribution in [2.75, 3.05) is 58.6 Å². The third kappa shape index (κ3) is 5.41. The molecule has 2 saturated heterocycles. The van der Waals surface area contributed by atoms with Gasteiger partial charge in [0.1, 0.15) is 0 Å². The van der Waals surface area contributed by atoms with Crippen LogP contribution in [-0.2, 0) is 14.8 Å². The fourth-order valence-electron chi connectivity index (χ4n) is 3.52. The first kappa shape index (κ1) is 18.6. The molecule has 0 aromatic heterocycles. The van der Waals surface area contributed by atoms with Crippen LogP contribution in [0.15, 0.2) is 0 Å². The zero-order valence-electron chi connectivity index (χ0n) is 14.3. The van der Waals surface area contributed by atoms with Gasteiger partial charge in [0.15, 0.2) is 0 Å². The molecular formula is C15H30N4O3S. The lowest BCUT2D eigenvalue weighted by atomic mass is 10.0. The number of hydrogen-bond acceptors (Lipinski definition) is 5. The minimum Gasteiger partial charge on any atom is -0.340 e. The maximum absolute atomic E-state index is 12.2. The SMILES string of the molecule is CCN(C1CCN(CCC(=O)N2CCNCC2)CC1)S(C)(=O)=O. The molecule has 1 amide bonds. The summed E-state index contributed by atoms with van der Waals surface area (Å²) in [5.41, 5.74) is 0. The Morgan fingerprint density at radius 1 is 1.17 bits per heavy atom. The molecule has 2 heterocycles. The second kappa shape index (κ2) is 8.41. The van der Waals surface area contributed by atoms with E-state index >= 15 is 0 Å². The van der Waals surface area contributed by atoms with Gasteiger partial charge in [0.25, 0.3) is 0 Å². The van der Waals surface area contributed by atoms with Crippen LogP contribution in [-0.4, -0.2) is 93.1 Å². The first-order valence-corrected chi connectivity index (χ1v) is 10.4. The molecule has 0 spiro atoms. The van der Waals surface area contributed by atoms with E-state index in [1.807, 2.05) is 11.8 Å². The number of nitrogens with one attached hydrogen (secondary N) is 1. The van der Waals surface area contributed by atoms with Crippen LogP contribution >= 0.6 is 0 Å². The topological polar surface area (TPSA) is 73.0 Å². The second-order valence-corrected chi connectivity index (χ2v) is 8.35. The number of piperazine rings is 1. The molecule has 8 heteroatoms. The number of rotatable bonds is 6. The molecule has 0 unspecified atom stereocenters. The zero-order valence-corrected chi connectivity index (χ0v) is 15.1. The predicted molar refractivity (Wildman–Crippen MR) is 90.8 cm³/mol. The fraction of sp³-hybridized carbons (Fsp3) is 0.933. The lowest BCUT2D eigenvalue weighted by Crippen LogP contribution is -2.49. The number of nitrogens with zero attached hydrogens (tertiary/aromatic N) is 3. The van der Waals surface area contributed by atoms with E-state index in [1.165, 1.54) is 6.26 Å². The minimum absolute atomic E-state index is 0.107. The Morgan fingerprint density at radius 3 is 2.30 bits per heavy atom. The number of carbonyl (C=O) groups excluding carboxylic acids is 1. The number of hydrogen-bond donors (Lipinski definition) is 1. The van der Waals surface area contributed by atoms with Gasteiger partial charge in [-0.25, -0.2) is 8.42 Å². The molecule has 0 aromatic carbocycles. The molecule has 7 nitrogen and oxygen atoms in total. The number of likely N-dealkylation sites (tertiary alicyclic amines) is 1. The van der Waals surface area contributed by atoms with Gasteiger partial charge in [0.2, 0.25) is 15.9 Å². The van der Waals surface area contributed by atoms with E-state index in [2.05, 4.69) is 10.2 Å². The fourth-order valence-corrected chi connectivity index (χ4v) is 4.74. The summed E-state index contributed by atoms with van der Waals surface area (Å²) < 4.78 is 25.2. The van der Waals surface area contributed by atoms with Crippen molar-refractivity contribution in [1.29, 1.82) is 0 Å². The van der Waals surface area contributed by atoms with Crippen LogP contribution in [0.5, 0.6) is 0 Å². The first-order valence-electron chi connectivity index (χ1n) is 8.59. The standard InChI is InChI=1S/C15H30N4O3S/c1-3-19(23(2,21)22)14-4-9-17(10-5-14)11-6-15(20)18-12-7-16-8-13-18/h14,16H,3-13H2,1-2H3. The summed E-state index contributed by atoms with van der Waals surface area (Å²) in [6.45, 7) is 8.31. The third-order valence-corrected chi connectivity index (χ3v) is 6.22. The Hall–Kier alpha value is -0.700. The summed E-state index contributed by atoms with van der Waals surface area (Å²) in [4.78, 5) is 16.4. The van der Waals surface area contributed by atoms with E-state index in [-0.39, 0.29) is 11.9 Å². The van der Waals surface area contributed by atoms with Crippen LogP contribution in [0.4, 0.5) is 0 Å². The number of carbonyl (C=O) groups is 1. The van der Waals surface area contributed by atoms with Crippen molar-refractivity contribution in [2.24, 2.45) is 0 Å². The van der Waals surface area contributed by atoms with Crippen LogP contribution < -0.4 is 5.32 Å². The minimum atomic E-state index is -3.12. The predicted octanol–water partition coefficient (Wildman–Crippen LogP) is -0.446. The van der Waals surface area contributed by atoms with E-state index in [4.69, 9.17) is 0 Å². The first-order chi connectivity index (χ1) is 10.9. The largest absolute Gasteiger partial charge is 0.340 e. The summed E-state index contributed by atoms with van der Waals surface area (Å²) in [5.74, 6) is 0.236. The molecule has 0 aliphatic carbocycles. The Bertz CT molecular complexity index is 483. The summed E-state index contributed by atoms with van der Waals surface area (Å²) in [5, 5.41) is 3.25. The highest BCUT2D eigenvalue weighted by Gasteiger charge is 2.29. The van der Waals surface area contributed by atoms with E-state index in [0.717, 1.165) is 58.7 Å². The molecule has 2 aliphatic rings. The van der Waals surface area contributed by atoms with Gasteiger partial charge in [-0.15, -0.1) is 0 Å². The highest BCUT2D eigenvalue weighted by molar-refractivity contribution is 7.88. The normalized spacial score (nSPS) is 21.8. The average Bonchev–Trinajstić information content (AvgIpc) is 2.54. The van der Waals surface area contributed by atoms with Gasteiger partial charge in [0.05, 0.1) is 6.26 Å².